The van der Waals surface area contributed by atoms with Crippen LogP contribution in [-0.4, -0.2) is 61.0 Å². The van der Waals surface area contributed by atoms with Crippen LogP contribution in [0.1, 0.15) is 47.5 Å². The van der Waals surface area contributed by atoms with E-state index in [9.17, 15) is 4.79 Å². The van der Waals surface area contributed by atoms with Gasteiger partial charge in [0.2, 0.25) is 0 Å². The molecule has 1 heterocycles. The molecule has 1 fully saturated rings. The molecule has 0 radical (unpaired) electrons. The van der Waals surface area contributed by atoms with Crippen LogP contribution in [0, 0.1) is 11.8 Å². The first kappa shape index (κ1) is 28.0. The van der Waals surface area contributed by atoms with Gasteiger partial charge in [0.15, 0.2) is 14.1 Å². The van der Waals surface area contributed by atoms with Gasteiger partial charge in [-0.1, -0.05) is 54.3 Å². The van der Waals surface area contributed by atoms with E-state index >= 15 is 0 Å². The summed E-state index contributed by atoms with van der Waals surface area (Å²) in [5, 5.41) is 0.0951. The Bertz CT molecular complexity index is 525. The molecule has 0 saturated carbocycles. The monoisotopic (exact) mass is 460 g/mol. The lowest BCUT2D eigenvalue weighted by molar-refractivity contribution is -0.157. The number of ether oxygens (including phenoxy) is 3. The first-order chi connectivity index (χ1) is 13.6. The number of rotatable bonds is 12. The molecule has 7 heteroatoms. The highest BCUT2D eigenvalue weighted by atomic mass is 28.4. The molecule has 0 aromatic carbocycles. The molecule has 0 aromatic rings. The molecule has 0 aliphatic carbocycles. The highest BCUT2D eigenvalue weighted by molar-refractivity contribution is 6.76. The zero-order valence-corrected chi connectivity index (χ0v) is 23.3. The zero-order chi connectivity index (χ0) is 23.2. The van der Waals surface area contributed by atoms with Gasteiger partial charge in [-0.3, -0.25) is 4.79 Å². The predicted molar refractivity (Wildman–Crippen MR) is 129 cm³/mol. The van der Waals surface area contributed by atoms with Crippen molar-refractivity contribution in [3.8, 4) is 0 Å². The molecule has 0 spiro atoms. The first-order valence-corrected chi connectivity index (χ1v) is 18.2. The minimum Gasteiger partial charge on any atom is -0.409 e. The maximum atomic E-state index is 12.9. The first-order valence-electron chi connectivity index (χ1n) is 11.6. The summed E-state index contributed by atoms with van der Waals surface area (Å²) in [6.07, 6.45) is 1.64. The van der Waals surface area contributed by atoms with Crippen LogP contribution < -0.4 is 0 Å². The minimum absolute atomic E-state index is 0.0463. The molecule has 1 saturated heterocycles. The highest BCUT2D eigenvalue weighted by Gasteiger charge is 2.40. The lowest BCUT2D eigenvalue weighted by atomic mass is 9.87. The Morgan fingerprint density at radius 1 is 1.10 bits per heavy atom. The maximum Gasteiger partial charge on any atom is 0.192 e. The lowest BCUT2D eigenvalue weighted by Gasteiger charge is -2.39. The van der Waals surface area contributed by atoms with Crippen LogP contribution in [0.5, 0.6) is 0 Å². The third-order valence-electron chi connectivity index (χ3n) is 6.62. The Balaban J connectivity index is 2.43. The second kappa shape index (κ2) is 11.7. The van der Waals surface area contributed by atoms with E-state index in [1.807, 2.05) is 0 Å². The van der Waals surface area contributed by atoms with Crippen LogP contribution in [0.3, 0.4) is 0 Å². The summed E-state index contributed by atoms with van der Waals surface area (Å²) in [5.74, 6) is 0.546. The SMILES string of the molecule is C[C@@H](COCOCC[Si](C)(C)C)[C@H]1CC[C@H](C)[C@H](C(=O)CO[Si](C)(C)C(C)(C)C)O1. The largest absolute Gasteiger partial charge is 0.409 e. The second-order valence-electron chi connectivity index (χ2n) is 11.8. The normalized spacial score (nSPS) is 24.7. The lowest BCUT2D eigenvalue weighted by Crippen LogP contribution is -2.47. The van der Waals surface area contributed by atoms with Crippen molar-refractivity contribution < 1.29 is 23.4 Å². The second-order valence-corrected chi connectivity index (χ2v) is 22.3. The quantitative estimate of drug-likeness (QED) is 0.212. The van der Waals surface area contributed by atoms with E-state index in [0.29, 0.717) is 13.4 Å². The Kier molecular flexibility index (Phi) is 10.9. The Hall–Kier alpha value is -0.0562. The van der Waals surface area contributed by atoms with Crippen molar-refractivity contribution in [3.05, 3.63) is 0 Å². The number of hydrogen-bond donors (Lipinski definition) is 0. The van der Waals surface area contributed by atoms with Gasteiger partial charge in [0, 0.05) is 20.6 Å². The van der Waals surface area contributed by atoms with E-state index in [1.54, 1.807) is 0 Å². The smallest absolute Gasteiger partial charge is 0.192 e. The molecule has 1 rings (SSSR count). The molecule has 1 aliphatic rings. The van der Waals surface area contributed by atoms with Crippen LogP contribution >= 0.6 is 0 Å². The molecule has 178 valence electrons. The fraction of sp³-hybridized carbons (Fsp3) is 0.957. The fourth-order valence-corrected chi connectivity index (χ4v) is 4.86. The van der Waals surface area contributed by atoms with Crippen LogP contribution in [-0.2, 0) is 23.4 Å². The van der Waals surface area contributed by atoms with Crippen LogP contribution in [0.25, 0.3) is 0 Å². The standard InChI is InChI=1S/C23H48O5Si2/c1-18-11-12-21(19(2)15-26-17-25-13-14-29(6,7)8)28-22(18)20(24)16-27-30(9,10)23(3,4)5/h18-19,21-22H,11-17H2,1-10H3/t18-,19-,21+,22+/m0/s1. The summed E-state index contributed by atoms with van der Waals surface area (Å²) >= 11 is 0. The minimum atomic E-state index is -1.94. The third kappa shape index (κ3) is 9.61. The molecular weight excluding hydrogens is 412 g/mol. The van der Waals surface area contributed by atoms with E-state index in [-0.39, 0.29) is 41.5 Å². The average Bonchev–Trinajstić information content (AvgIpc) is 2.61. The van der Waals surface area contributed by atoms with Gasteiger partial charge in [-0.25, -0.2) is 0 Å². The van der Waals surface area contributed by atoms with Crippen molar-refractivity contribution >= 4 is 22.2 Å². The van der Waals surface area contributed by atoms with Crippen LogP contribution in [0.2, 0.25) is 43.8 Å². The van der Waals surface area contributed by atoms with Crippen molar-refractivity contribution in [1.29, 1.82) is 0 Å². The maximum absolute atomic E-state index is 12.9. The predicted octanol–water partition coefficient (Wildman–Crippen LogP) is 5.73. The number of carbonyl (C=O) groups excluding carboxylic acids is 1. The number of carbonyl (C=O) groups is 1. The Labute approximate surface area is 187 Å². The molecule has 0 unspecified atom stereocenters. The van der Waals surface area contributed by atoms with Crippen molar-refractivity contribution in [3.63, 3.8) is 0 Å². The van der Waals surface area contributed by atoms with Crippen LogP contribution in [0.4, 0.5) is 0 Å². The van der Waals surface area contributed by atoms with Crippen molar-refractivity contribution in [1.82, 2.24) is 0 Å². The van der Waals surface area contributed by atoms with E-state index in [1.165, 1.54) is 0 Å². The van der Waals surface area contributed by atoms with Gasteiger partial charge in [0.05, 0.1) is 19.3 Å². The third-order valence-corrected chi connectivity index (χ3v) is 12.8. The van der Waals surface area contributed by atoms with Crippen molar-refractivity contribution in [2.24, 2.45) is 11.8 Å². The molecule has 0 bridgehead atoms. The molecule has 5 nitrogen and oxygen atoms in total. The number of Topliss-reactive ketones (excluding diaryl/α,β-unsaturated/α-hetero) is 1. The van der Waals surface area contributed by atoms with Crippen molar-refractivity contribution in [2.75, 3.05) is 26.6 Å². The van der Waals surface area contributed by atoms with Crippen molar-refractivity contribution in [2.45, 2.75) is 103 Å². The fourth-order valence-electron chi connectivity index (χ4n) is 3.17. The number of ketones is 1. The molecule has 4 atom stereocenters. The zero-order valence-electron chi connectivity index (χ0n) is 21.3. The van der Waals surface area contributed by atoms with E-state index in [0.717, 1.165) is 25.5 Å². The molecular formula is C23H48O5Si2. The summed E-state index contributed by atoms with van der Waals surface area (Å²) in [6, 6.07) is 1.15. The Morgan fingerprint density at radius 2 is 1.73 bits per heavy atom. The average molecular weight is 461 g/mol. The molecule has 1 aliphatic heterocycles. The molecule has 0 amide bonds. The van der Waals surface area contributed by atoms with Gasteiger partial charge in [-0.15, -0.1) is 0 Å². The number of hydrogen-bond acceptors (Lipinski definition) is 5. The summed E-state index contributed by atoms with van der Waals surface area (Å²) in [7, 11) is -3.00. The van der Waals surface area contributed by atoms with E-state index in [2.05, 4.69) is 67.4 Å². The van der Waals surface area contributed by atoms with Gasteiger partial charge in [0.25, 0.3) is 0 Å². The molecule has 0 aromatic heterocycles. The van der Waals surface area contributed by atoms with E-state index < -0.39 is 16.4 Å². The topological polar surface area (TPSA) is 54.0 Å². The summed E-state index contributed by atoms with van der Waals surface area (Å²) in [4.78, 5) is 12.9. The van der Waals surface area contributed by atoms with Gasteiger partial charge in [-0.2, -0.15) is 0 Å². The van der Waals surface area contributed by atoms with Gasteiger partial charge >= 0.3 is 0 Å². The van der Waals surface area contributed by atoms with E-state index in [4.69, 9.17) is 18.6 Å². The summed E-state index contributed by atoms with van der Waals surface area (Å²) in [5.41, 5.74) is 0. The van der Waals surface area contributed by atoms with Gasteiger partial charge in [0.1, 0.15) is 12.9 Å². The molecule has 0 N–H and O–H groups in total. The Morgan fingerprint density at radius 3 is 2.30 bits per heavy atom. The molecule has 30 heavy (non-hydrogen) atoms. The van der Waals surface area contributed by atoms with Gasteiger partial charge < -0.3 is 18.6 Å². The summed E-state index contributed by atoms with van der Waals surface area (Å²) in [6.45, 7) is 24.1. The van der Waals surface area contributed by atoms with Gasteiger partial charge in [-0.05, 0) is 42.9 Å². The highest BCUT2D eigenvalue weighted by Crippen LogP contribution is 2.37. The van der Waals surface area contributed by atoms with Crippen LogP contribution in [0.15, 0.2) is 0 Å². The summed E-state index contributed by atoms with van der Waals surface area (Å²) < 4.78 is 23.8.